The third-order valence-corrected chi connectivity index (χ3v) is 5.04. The van der Waals surface area contributed by atoms with E-state index in [2.05, 4.69) is 0 Å². The number of Topliss-reactive ketones (excluding diaryl/α,β-unsaturated/α-hetero) is 1. The van der Waals surface area contributed by atoms with Gasteiger partial charge in [0, 0.05) is 11.8 Å². The molecule has 0 aromatic heterocycles. The van der Waals surface area contributed by atoms with E-state index in [4.69, 9.17) is 5.11 Å². The highest BCUT2D eigenvalue weighted by Gasteiger charge is 2.42. The van der Waals surface area contributed by atoms with Crippen LogP contribution < -0.4 is 0 Å². The van der Waals surface area contributed by atoms with Crippen molar-refractivity contribution in [3.63, 3.8) is 0 Å². The minimum absolute atomic E-state index is 0.0565. The summed E-state index contributed by atoms with van der Waals surface area (Å²) < 4.78 is 26.3. The van der Waals surface area contributed by atoms with Crippen molar-refractivity contribution < 1.29 is 28.3 Å². The molecule has 1 aromatic carbocycles. The van der Waals surface area contributed by atoms with Gasteiger partial charge in [0.15, 0.2) is 17.4 Å². The summed E-state index contributed by atoms with van der Waals surface area (Å²) in [6.07, 6.45) is 1.09. The van der Waals surface area contributed by atoms with Crippen molar-refractivity contribution in [2.24, 2.45) is 5.92 Å². The molecule has 1 unspecified atom stereocenters. The van der Waals surface area contributed by atoms with E-state index in [1.54, 1.807) is 0 Å². The van der Waals surface area contributed by atoms with Crippen LogP contribution in [0.25, 0.3) is 0 Å². The number of rotatable bonds is 3. The fourth-order valence-electron chi connectivity index (χ4n) is 2.60. The van der Waals surface area contributed by atoms with Crippen LogP contribution in [0.4, 0.5) is 8.78 Å². The minimum Gasteiger partial charge on any atom is -0.477 e. The van der Waals surface area contributed by atoms with Gasteiger partial charge in [-0.05, 0) is 31.0 Å². The number of carboxylic acid groups (broad SMARTS) is 1. The van der Waals surface area contributed by atoms with Gasteiger partial charge in [0.25, 0.3) is 0 Å². The molecule has 2 heterocycles. The molecule has 0 aliphatic carbocycles. The number of ketones is 1. The second-order valence-electron chi connectivity index (χ2n) is 5.41. The molecule has 1 N–H and O–H groups in total. The first-order valence-electron chi connectivity index (χ1n) is 6.94. The zero-order valence-corrected chi connectivity index (χ0v) is 13.2. The monoisotopic (exact) mass is 351 g/mol. The predicted molar refractivity (Wildman–Crippen MR) is 81.4 cm³/mol. The second kappa shape index (κ2) is 5.86. The van der Waals surface area contributed by atoms with E-state index in [1.165, 1.54) is 19.2 Å². The summed E-state index contributed by atoms with van der Waals surface area (Å²) in [5, 5.41) is 9.33. The number of thioether (sulfide) groups is 1. The van der Waals surface area contributed by atoms with Gasteiger partial charge in [0.2, 0.25) is 5.91 Å². The summed E-state index contributed by atoms with van der Waals surface area (Å²) in [6, 6.07) is 3.19. The van der Waals surface area contributed by atoms with E-state index < -0.39 is 35.2 Å². The number of fused-ring (bicyclic) bond motifs is 1. The Bertz CT molecular complexity index is 846. The molecule has 0 fully saturated rings. The fraction of sp³-hybridized carbons (Fsp3) is 0.188. The second-order valence-corrected chi connectivity index (χ2v) is 6.44. The Kier molecular flexibility index (Phi) is 4.00. The van der Waals surface area contributed by atoms with Gasteiger partial charge in [0.1, 0.15) is 10.8 Å². The molecule has 2 aliphatic rings. The summed E-state index contributed by atoms with van der Waals surface area (Å²) in [4.78, 5) is 37.2. The van der Waals surface area contributed by atoms with Crippen LogP contribution in [-0.4, -0.2) is 27.7 Å². The number of hydrogen-bond donors (Lipinski definition) is 1. The number of hydrogen-bond acceptors (Lipinski definition) is 4. The zero-order valence-electron chi connectivity index (χ0n) is 12.4. The van der Waals surface area contributed by atoms with Gasteiger partial charge < -0.3 is 5.11 Å². The maximum Gasteiger partial charge on any atom is 0.344 e. The largest absolute Gasteiger partial charge is 0.477 e. The maximum atomic E-state index is 13.3. The molecule has 2 aliphatic heterocycles. The van der Waals surface area contributed by atoms with Crippen LogP contribution in [0.1, 0.15) is 12.5 Å². The standard InChI is InChI=1S/C16H11F2NO4S/c1-7-13(20)9(4-8-2-3-10(17)11(18)5-8)14(21)19-6-12(16(22)23)24-15(7)19/h2-3,5-6,9H,4H2,1H3,(H,22,23). The van der Waals surface area contributed by atoms with E-state index >= 15 is 0 Å². The average molecular weight is 351 g/mol. The maximum absolute atomic E-state index is 13.3. The normalized spacial score (nSPS) is 20.4. The highest BCUT2D eigenvalue weighted by molar-refractivity contribution is 8.07. The van der Waals surface area contributed by atoms with Crippen LogP contribution in [-0.2, 0) is 20.8 Å². The zero-order chi connectivity index (χ0) is 17.6. The smallest absolute Gasteiger partial charge is 0.344 e. The van der Waals surface area contributed by atoms with E-state index in [0.29, 0.717) is 5.56 Å². The Balaban J connectivity index is 1.93. The van der Waals surface area contributed by atoms with Crippen molar-refractivity contribution in [2.75, 3.05) is 0 Å². The van der Waals surface area contributed by atoms with E-state index in [1.807, 2.05) is 0 Å². The molecule has 3 rings (SSSR count). The highest BCUT2D eigenvalue weighted by Crippen LogP contribution is 2.42. The molecule has 1 aromatic rings. The molecule has 0 saturated heterocycles. The topological polar surface area (TPSA) is 74.7 Å². The first-order chi connectivity index (χ1) is 11.3. The SMILES string of the molecule is CC1=C2SC(C(=O)O)=CN2C(=O)C(Cc2ccc(F)c(F)c2)C1=O. The lowest BCUT2D eigenvalue weighted by molar-refractivity contribution is -0.137. The lowest BCUT2D eigenvalue weighted by Crippen LogP contribution is -2.41. The van der Waals surface area contributed by atoms with Crippen LogP contribution in [0.5, 0.6) is 0 Å². The summed E-state index contributed by atoms with van der Waals surface area (Å²) in [5.41, 5.74) is 0.589. The number of carboxylic acids is 1. The Morgan fingerprint density at radius 1 is 1.29 bits per heavy atom. The van der Waals surface area contributed by atoms with Gasteiger partial charge in [-0.3, -0.25) is 14.5 Å². The van der Waals surface area contributed by atoms with Crippen LogP contribution >= 0.6 is 11.8 Å². The Labute approximate surface area is 139 Å². The molecule has 124 valence electrons. The number of allylic oxidation sites excluding steroid dienone is 1. The molecule has 0 bridgehead atoms. The summed E-state index contributed by atoms with van der Waals surface area (Å²) in [5.74, 6) is -5.36. The molecule has 8 heteroatoms. The van der Waals surface area contributed by atoms with E-state index in [9.17, 15) is 23.2 Å². The molecule has 1 atom stereocenters. The number of nitrogens with zero attached hydrogens (tertiary/aromatic N) is 1. The number of aliphatic carboxylic acids is 1. The number of amides is 1. The Morgan fingerprint density at radius 2 is 2.00 bits per heavy atom. The van der Waals surface area contributed by atoms with Gasteiger partial charge in [-0.25, -0.2) is 13.6 Å². The number of benzene rings is 1. The summed E-state index contributed by atoms with van der Waals surface area (Å²) in [6.45, 7) is 1.51. The first-order valence-corrected chi connectivity index (χ1v) is 7.76. The van der Waals surface area contributed by atoms with Crippen LogP contribution in [0.3, 0.4) is 0 Å². The third kappa shape index (κ3) is 2.62. The lowest BCUT2D eigenvalue weighted by atomic mass is 9.88. The lowest BCUT2D eigenvalue weighted by Gasteiger charge is -2.28. The number of halogens is 2. The van der Waals surface area contributed by atoms with Crippen molar-refractivity contribution >= 4 is 29.4 Å². The fourth-order valence-corrected chi connectivity index (χ4v) is 3.55. The Morgan fingerprint density at radius 3 is 2.62 bits per heavy atom. The molecule has 0 spiro atoms. The van der Waals surface area contributed by atoms with Gasteiger partial charge in [-0.15, -0.1) is 0 Å². The molecular formula is C16H11F2NO4S. The van der Waals surface area contributed by atoms with E-state index in [-0.39, 0.29) is 21.9 Å². The Hall–Kier alpha value is -2.48. The minimum atomic E-state index is -1.19. The number of carbonyl (C=O) groups excluding carboxylic acids is 2. The first kappa shape index (κ1) is 16.4. The van der Waals surface area contributed by atoms with Gasteiger partial charge in [-0.2, -0.15) is 0 Å². The molecule has 5 nitrogen and oxygen atoms in total. The summed E-state index contributed by atoms with van der Waals surface area (Å²) >= 11 is 0.847. The van der Waals surface area contributed by atoms with Crippen LogP contribution in [0, 0.1) is 17.6 Å². The van der Waals surface area contributed by atoms with Crippen molar-refractivity contribution in [1.82, 2.24) is 4.90 Å². The molecule has 24 heavy (non-hydrogen) atoms. The highest BCUT2D eigenvalue weighted by atomic mass is 32.2. The van der Waals surface area contributed by atoms with Crippen molar-refractivity contribution in [3.05, 3.63) is 57.1 Å². The van der Waals surface area contributed by atoms with Gasteiger partial charge in [0.05, 0.1) is 5.03 Å². The summed E-state index contributed by atoms with van der Waals surface area (Å²) in [7, 11) is 0. The predicted octanol–water partition coefficient (Wildman–Crippen LogP) is 2.44. The van der Waals surface area contributed by atoms with E-state index in [0.717, 1.165) is 28.8 Å². The van der Waals surface area contributed by atoms with Crippen molar-refractivity contribution in [2.45, 2.75) is 13.3 Å². The van der Waals surface area contributed by atoms with Crippen molar-refractivity contribution in [1.29, 1.82) is 0 Å². The van der Waals surface area contributed by atoms with Gasteiger partial charge >= 0.3 is 5.97 Å². The molecule has 0 saturated carbocycles. The molecule has 1 amide bonds. The van der Waals surface area contributed by atoms with Gasteiger partial charge in [-0.1, -0.05) is 17.8 Å². The van der Waals surface area contributed by atoms with Crippen LogP contribution in [0.2, 0.25) is 0 Å². The van der Waals surface area contributed by atoms with Crippen LogP contribution in [0.15, 0.2) is 39.9 Å². The number of carbonyl (C=O) groups is 3. The van der Waals surface area contributed by atoms with Crippen molar-refractivity contribution in [3.8, 4) is 0 Å². The third-order valence-electron chi connectivity index (χ3n) is 3.85. The molecular weight excluding hydrogens is 340 g/mol. The molecule has 0 radical (unpaired) electrons. The average Bonchev–Trinajstić information content (AvgIpc) is 2.99. The quantitative estimate of drug-likeness (QED) is 0.847.